The number of anilines is 1. The number of rotatable bonds is 5. The van der Waals surface area contributed by atoms with Crippen molar-refractivity contribution < 1.29 is 14.2 Å². The minimum absolute atomic E-state index is 0.116. The molecular weight excluding hydrogens is 310 g/mol. The molecule has 1 aliphatic rings. The third-order valence-corrected chi connectivity index (χ3v) is 3.83. The van der Waals surface area contributed by atoms with Crippen LogP contribution < -0.4 is 19.1 Å². The summed E-state index contributed by atoms with van der Waals surface area (Å²) in [6.07, 6.45) is 5.19. The van der Waals surface area contributed by atoms with Crippen LogP contribution in [0.4, 0.5) is 5.95 Å². The highest BCUT2D eigenvalue weighted by atomic mass is 16.5. The van der Waals surface area contributed by atoms with E-state index in [0.29, 0.717) is 23.6 Å². The van der Waals surface area contributed by atoms with Gasteiger partial charge in [-0.25, -0.2) is 4.98 Å². The van der Waals surface area contributed by atoms with Crippen molar-refractivity contribution >= 4 is 5.95 Å². The Labute approximate surface area is 140 Å². The van der Waals surface area contributed by atoms with Gasteiger partial charge in [0, 0.05) is 32.1 Å². The molecule has 1 saturated heterocycles. The SMILES string of the molecule is COc1cc(OC)nc(N2CCC(Oc3cncc(C)n3)CC2)n1. The van der Waals surface area contributed by atoms with E-state index in [1.54, 1.807) is 32.7 Å². The summed E-state index contributed by atoms with van der Waals surface area (Å²) in [6, 6.07) is 1.66. The van der Waals surface area contributed by atoms with Gasteiger partial charge in [0.25, 0.3) is 0 Å². The van der Waals surface area contributed by atoms with Gasteiger partial charge >= 0.3 is 0 Å². The summed E-state index contributed by atoms with van der Waals surface area (Å²) in [5.74, 6) is 2.17. The molecule has 0 atom stereocenters. The van der Waals surface area contributed by atoms with Crippen molar-refractivity contribution in [2.24, 2.45) is 0 Å². The fourth-order valence-electron chi connectivity index (χ4n) is 2.58. The lowest BCUT2D eigenvalue weighted by Gasteiger charge is -2.32. The number of aryl methyl sites for hydroxylation is 1. The Morgan fingerprint density at radius 2 is 1.62 bits per heavy atom. The Morgan fingerprint density at radius 3 is 2.21 bits per heavy atom. The molecule has 0 bridgehead atoms. The van der Waals surface area contributed by atoms with E-state index in [4.69, 9.17) is 14.2 Å². The minimum atomic E-state index is 0.116. The van der Waals surface area contributed by atoms with Crippen molar-refractivity contribution in [1.82, 2.24) is 19.9 Å². The van der Waals surface area contributed by atoms with Crippen LogP contribution in [-0.2, 0) is 0 Å². The van der Waals surface area contributed by atoms with Crippen LogP contribution in [0.15, 0.2) is 18.5 Å². The standard InChI is InChI=1S/C16H21N5O3/c1-11-9-17-10-15(18-11)24-12-4-6-21(7-5-12)16-19-13(22-2)8-14(20-16)23-3/h8-10,12H,4-7H2,1-3H3. The molecule has 8 nitrogen and oxygen atoms in total. The third-order valence-electron chi connectivity index (χ3n) is 3.83. The first-order valence-electron chi connectivity index (χ1n) is 7.85. The molecule has 0 radical (unpaired) electrons. The van der Waals surface area contributed by atoms with Gasteiger partial charge in [-0.1, -0.05) is 0 Å². The lowest BCUT2D eigenvalue weighted by molar-refractivity contribution is 0.162. The van der Waals surface area contributed by atoms with Crippen molar-refractivity contribution in [2.45, 2.75) is 25.9 Å². The second-order valence-electron chi connectivity index (χ2n) is 5.56. The molecule has 2 aromatic heterocycles. The number of hydrogen-bond acceptors (Lipinski definition) is 8. The second-order valence-corrected chi connectivity index (χ2v) is 5.56. The van der Waals surface area contributed by atoms with Crippen LogP contribution in [-0.4, -0.2) is 53.3 Å². The van der Waals surface area contributed by atoms with Gasteiger partial charge in [0.05, 0.1) is 32.2 Å². The molecule has 3 heterocycles. The van der Waals surface area contributed by atoms with E-state index in [2.05, 4.69) is 24.8 Å². The average molecular weight is 331 g/mol. The van der Waals surface area contributed by atoms with E-state index in [9.17, 15) is 0 Å². The molecule has 0 spiro atoms. The zero-order valence-corrected chi connectivity index (χ0v) is 14.1. The summed E-state index contributed by atoms with van der Waals surface area (Å²) in [5.41, 5.74) is 0.849. The van der Waals surface area contributed by atoms with Gasteiger partial charge in [0.1, 0.15) is 6.10 Å². The predicted molar refractivity (Wildman–Crippen MR) is 87.8 cm³/mol. The maximum atomic E-state index is 5.92. The third kappa shape index (κ3) is 3.81. The van der Waals surface area contributed by atoms with E-state index >= 15 is 0 Å². The Balaban J connectivity index is 1.62. The quantitative estimate of drug-likeness (QED) is 0.818. The molecule has 0 aliphatic carbocycles. The number of methoxy groups -OCH3 is 2. The lowest BCUT2D eigenvalue weighted by Crippen LogP contribution is -2.39. The topological polar surface area (TPSA) is 82.5 Å². The molecule has 128 valence electrons. The number of hydrogen-bond donors (Lipinski definition) is 0. The van der Waals surface area contributed by atoms with Gasteiger partial charge in [-0.3, -0.25) is 4.98 Å². The maximum absolute atomic E-state index is 5.92. The van der Waals surface area contributed by atoms with Gasteiger partial charge in [-0.15, -0.1) is 0 Å². The van der Waals surface area contributed by atoms with E-state index in [0.717, 1.165) is 31.6 Å². The highest BCUT2D eigenvalue weighted by Crippen LogP contribution is 2.24. The summed E-state index contributed by atoms with van der Waals surface area (Å²) in [4.78, 5) is 19.3. The normalized spacial score (nSPS) is 15.2. The van der Waals surface area contributed by atoms with Crippen LogP contribution in [0, 0.1) is 6.92 Å². The van der Waals surface area contributed by atoms with Crippen molar-refractivity contribution in [1.29, 1.82) is 0 Å². The summed E-state index contributed by atoms with van der Waals surface area (Å²) < 4.78 is 16.3. The predicted octanol–water partition coefficient (Wildman–Crippen LogP) is 1.64. The largest absolute Gasteiger partial charge is 0.481 e. The minimum Gasteiger partial charge on any atom is -0.481 e. The number of ether oxygens (including phenoxy) is 3. The summed E-state index contributed by atoms with van der Waals surface area (Å²) in [6.45, 7) is 3.48. The summed E-state index contributed by atoms with van der Waals surface area (Å²) in [7, 11) is 3.16. The molecule has 3 rings (SSSR count). The van der Waals surface area contributed by atoms with Crippen molar-refractivity contribution in [3.8, 4) is 17.6 Å². The summed E-state index contributed by atoms with van der Waals surface area (Å²) >= 11 is 0. The maximum Gasteiger partial charge on any atom is 0.232 e. The van der Waals surface area contributed by atoms with Crippen LogP contribution in [0.1, 0.15) is 18.5 Å². The number of aromatic nitrogens is 4. The van der Waals surface area contributed by atoms with Crippen LogP contribution in [0.5, 0.6) is 17.6 Å². The van der Waals surface area contributed by atoms with Gasteiger partial charge in [-0.05, 0) is 6.92 Å². The van der Waals surface area contributed by atoms with Gasteiger partial charge in [0.2, 0.25) is 23.6 Å². The second kappa shape index (κ2) is 7.29. The first-order valence-corrected chi connectivity index (χ1v) is 7.85. The first-order chi connectivity index (χ1) is 11.7. The molecule has 8 heteroatoms. The Kier molecular flexibility index (Phi) is 4.93. The van der Waals surface area contributed by atoms with E-state index in [-0.39, 0.29) is 6.10 Å². The number of piperidine rings is 1. The molecule has 1 fully saturated rings. The molecular formula is C16H21N5O3. The van der Waals surface area contributed by atoms with E-state index < -0.39 is 0 Å². The number of nitrogens with zero attached hydrogens (tertiary/aromatic N) is 5. The highest BCUT2D eigenvalue weighted by molar-refractivity contribution is 5.37. The molecule has 1 aliphatic heterocycles. The molecule has 24 heavy (non-hydrogen) atoms. The van der Waals surface area contributed by atoms with E-state index in [1.165, 1.54) is 0 Å². The fourth-order valence-corrected chi connectivity index (χ4v) is 2.58. The van der Waals surface area contributed by atoms with Crippen molar-refractivity contribution in [3.05, 3.63) is 24.2 Å². The fraction of sp³-hybridized carbons (Fsp3) is 0.500. The zero-order chi connectivity index (χ0) is 16.9. The van der Waals surface area contributed by atoms with Crippen molar-refractivity contribution in [2.75, 3.05) is 32.2 Å². The van der Waals surface area contributed by atoms with Crippen LogP contribution in [0.2, 0.25) is 0 Å². The highest BCUT2D eigenvalue weighted by Gasteiger charge is 2.23. The first kappa shape index (κ1) is 16.2. The monoisotopic (exact) mass is 331 g/mol. The van der Waals surface area contributed by atoms with Crippen molar-refractivity contribution in [3.63, 3.8) is 0 Å². The Bertz CT molecular complexity index is 667. The zero-order valence-electron chi connectivity index (χ0n) is 14.1. The molecule has 0 amide bonds. The Morgan fingerprint density at radius 1 is 0.958 bits per heavy atom. The van der Waals surface area contributed by atoms with Gasteiger partial charge in [-0.2, -0.15) is 9.97 Å². The lowest BCUT2D eigenvalue weighted by atomic mass is 10.1. The van der Waals surface area contributed by atoms with Crippen LogP contribution in [0.25, 0.3) is 0 Å². The van der Waals surface area contributed by atoms with E-state index in [1.807, 2.05) is 6.92 Å². The van der Waals surface area contributed by atoms with Crippen LogP contribution >= 0.6 is 0 Å². The average Bonchev–Trinajstić information content (AvgIpc) is 2.62. The van der Waals surface area contributed by atoms with Crippen LogP contribution in [0.3, 0.4) is 0 Å². The Hall–Kier alpha value is -2.64. The molecule has 0 unspecified atom stereocenters. The van der Waals surface area contributed by atoms with Gasteiger partial charge < -0.3 is 19.1 Å². The molecule has 0 saturated carbocycles. The van der Waals surface area contributed by atoms with Gasteiger partial charge in [0.15, 0.2) is 0 Å². The molecule has 0 N–H and O–H groups in total. The molecule has 0 aromatic carbocycles. The smallest absolute Gasteiger partial charge is 0.232 e. The molecule has 2 aromatic rings. The summed E-state index contributed by atoms with van der Waals surface area (Å²) in [5, 5.41) is 0.